The number of rotatable bonds is 32. The molecule has 0 unspecified atom stereocenters. The summed E-state index contributed by atoms with van der Waals surface area (Å²) in [6.45, 7) is 18.2. The first kappa shape index (κ1) is 96.3. The van der Waals surface area contributed by atoms with Crippen molar-refractivity contribution < 1.29 is 91.4 Å². The zero-order chi connectivity index (χ0) is 90.1. The second kappa shape index (κ2) is 45.0. The summed E-state index contributed by atoms with van der Waals surface area (Å²) in [5.74, 6) is -20.8. The van der Waals surface area contributed by atoms with Crippen LogP contribution in [0.4, 0.5) is 0 Å². The average molecular weight is 1700 g/mol. The van der Waals surface area contributed by atoms with Crippen LogP contribution in [0.1, 0.15) is 151 Å². The zero-order valence-corrected chi connectivity index (χ0v) is 70.7. The molecular formula is C84H117N19O19. The van der Waals surface area contributed by atoms with E-state index in [0.29, 0.717) is 34.0 Å². The SMILES string of the molecule is CC[C@H](C)[C@@H]1NC(=O)[C@H](C(C)C)NC(=O)[C@H](C(C)C)NC(=O)[C@H](CC(C)C)NC(=O)C[C@@H](C(=O)N[C@@H](Cc2c[nH]c3ccccc23)C(=O)N[C@@H](CC(N)=O)C(=O)N[C@@H](C)C(=O)N2CCC[C@H]2C(=O)NCC(=O)N[C@@H](Cc2c[nH]c3ccccc23)C(=O)N[C@@H](Cc2ccccc2)C(=O)O)NC(=O)[C@H](C)NC(=O)[C@H](CCC(N)=O)NC(=O)[C@H](C(C)C)NC1=O. The predicted octanol–water partition coefficient (Wildman–Crippen LogP) is -1.18. The number of nitrogens with zero attached hydrogens (tertiary/aromatic N) is 1. The normalized spacial score (nSPS) is 21.5. The molecule has 2 aliphatic rings. The Morgan fingerprint density at radius 1 is 0.508 bits per heavy atom. The van der Waals surface area contributed by atoms with E-state index in [1.165, 1.54) is 13.1 Å². The Bertz CT molecular complexity index is 4640. The molecule has 21 N–H and O–H groups in total. The Labute approximate surface area is 706 Å². The number of nitrogens with two attached hydrogens (primary N) is 2. The number of nitrogens with one attached hydrogen (secondary N) is 16. The summed E-state index contributed by atoms with van der Waals surface area (Å²) in [7, 11) is 0. The van der Waals surface area contributed by atoms with Gasteiger partial charge in [0.05, 0.1) is 19.4 Å². The molecule has 2 aromatic heterocycles. The highest BCUT2D eigenvalue weighted by Crippen LogP contribution is 2.24. The fourth-order valence-electron chi connectivity index (χ4n) is 14.3. The number of benzene rings is 3. The molecule has 2 aliphatic heterocycles. The van der Waals surface area contributed by atoms with Crippen molar-refractivity contribution in [2.45, 2.75) is 238 Å². The molecule has 2 saturated heterocycles. The lowest BCUT2D eigenvalue weighted by atomic mass is 9.94. The standard InChI is InChI=1S/C84H117N19O19/c1-13-45(10)70-82(119)101-67(42(4)5)79(116)94-55(29-30-63(85)104)72(109)90-46(11)71(108)95-60(37-65(106)92-56(32-41(2)3)77(114)99-68(43(6)7)80(117)100-69(44(8)9)81(118)102-70)76(113)96-58(35-50-39-88-54-27-20-18-25-52(50)54)75(112)97-59(36-64(86)105)73(110)91-47(12)83(120)103-31-21-28-62(103)78(115)89-40-66(107)93-57(34-49-38-87-53-26-19-17-24-51(49)53)74(111)98-61(84(121)122)33-48-22-15-14-16-23-48/h14-20,22-27,38-39,41-47,55-62,67-70,87-88H,13,21,28-37,40H2,1-12H3,(H2,85,104)(H2,86,105)(H,89,115)(H,90,109)(H,91,110)(H,92,106)(H,93,107)(H,94,116)(H,95,108)(H,96,113)(H,97,112)(H,98,111)(H,99,114)(H,100,117)(H,101,119)(H,102,118)(H,121,122)/t45-,46-,47-,55-,56-,57-,58-,59-,60-,61-,62-,67-,68-,69-,70-/m0/s1. The van der Waals surface area contributed by atoms with Gasteiger partial charge in [-0.25, -0.2) is 4.79 Å². The van der Waals surface area contributed by atoms with E-state index >= 15 is 9.59 Å². The van der Waals surface area contributed by atoms with Gasteiger partial charge in [-0.1, -0.05) is 142 Å². The molecule has 122 heavy (non-hydrogen) atoms. The number of carbonyl (C=O) groups excluding carboxylic acids is 17. The summed E-state index contributed by atoms with van der Waals surface area (Å²) in [4.78, 5) is 262. The van der Waals surface area contributed by atoms with Crippen LogP contribution in [0, 0.1) is 29.6 Å². The van der Waals surface area contributed by atoms with Gasteiger partial charge in [0.1, 0.15) is 84.6 Å². The van der Waals surface area contributed by atoms with E-state index in [4.69, 9.17) is 11.5 Å². The maximum Gasteiger partial charge on any atom is 0.326 e. The Morgan fingerprint density at radius 3 is 1.52 bits per heavy atom. The van der Waals surface area contributed by atoms with E-state index in [0.717, 1.165) is 22.7 Å². The summed E-state index contributed by atoms with van der Waals surface area (Å²) < 4.78 is 0. The third kappa shape index (κ3) is 27.6. The van der Waals surface area contributed by atoms with Crippen LogP contribution in [0.15, 0.2) is 91.3 Å². The van der Waals surface area contributed by atoms with Crippen molar-refractivity contribution in [3.8, 4) is 0 Å². The number of aliphatic carboxylic acids is 1. The van der Waals surface area contributed by atoms with E-state index in [9.17, 15) is 81.8 Å². The van der Waals surface area contributed by atoms with Crippen LogP contribution in [0.5, 0.6) is 0 Å². The molecule has 17 amide bonds. The van der Waals surface area contributed by atoms with Crippen LogP contribution in [-0.4, -0.2) is 224 Å². The van der Waals surface area contributed by atoms with Crippen LogP contribution in [-0.2, 0) is 106 Å². The third-order valence-corrected chi connectivity index (χ3v) is 21.4. The predicted molar refractivity (Wildman–Crippen MR) is 446 cm³/mol. The van der Waals surface area contributed by atoms with Crippen LogP contribution < -0.4 is 85.9 Å². The minimum atomic E-state index is -2.06. The number of primary amides is 2. The monoisotopic (exact) mass is 1700 g/mol. The van der Waals surface area contributed by atoms with Gasteiger partial charge in [0.25, 0.3) is 0 Å². The summed E-state index contributed by atoms with van der Waals surface area (Å²) in [5.41, 5.74) is 14.1. The van der Waals surface area contributed by atoms with Gasteiger partial charge in [0.15, 0.2) is 0 Å². The molecule has 15 atom stereocenters. The summed E-state index contributed by atoms with van der Waals surface area (Å²) in [5, 5.41) is 47.4. The molecule has 0 spiro atoms. The summed E-state index contributed by atoms with van der Waals surface area (Å²) >= 11 is 0. The highest BCUT2D eigenvalue weighted by Gasteiger charge is 2.42. The largest absolute Gasteiger partial charge is 0.480 e. The number of carbonyl (C=O) groups is 18. The van der Waals surface area contributed by atoms with Gasteiger partial charge in [-0.3, -0.25) is 81.5 Å². The summed E-state index contributed by atoms with van der Waals surface area (Å²) in [6, 6.07) is 1.01. The fraction of sp³-hybridized carbons (Fsp3) is 0.524. The number of fused-ring (bicyclic) bond motifs is 2. The number of H-pyrrole nitrogens is 2. The van der Waals surface area contributed by atoms with Crippen molar-refractivity contribution in [3.05, 3.63) is 108 Å². The van der Waals surface area contributed by atoms with Crippen molar-refractivity contribution in [1.29, 1.82) is 0 Å². The number of para-hydroxylation sites is 2. The second-order valence-corrected chi connectivity index (χ2v) is 32.6. The Balaban J connectivity index is 1.15. The molecule has 0 bridgehead atoms. The Kier molecular flexibility index (Phi) is 35.5. The fourth-order valence-corrected chi connectivity index (χ4v) is 14.3. The molecule has 0 aliphatic carbocycles. The molecule has 662 valence electrons. The minimum Gasteiger partial charge on any atom is -0.480 e. The van der Waals surface area contributed by atoms with E-state index in [1.54, 1.807) is 154 Å². The van der Waals surface area contributed by atoms with Crippen molar-refractivity contribution in [2.75, 3.05) is 13.1 Å². The number of amides is 17. The molecule has 38 heteroatoms. The molecule has 2 fully saturated rings. The zero-order valence-electron chi connectivity index (χ0n) is 70.7. The first-order valence-corrected chi connectivity index (χ1v) is 41.1. The molecule has 7 rings (SSSR count). The molecule has 0 radical (unpaired) electrons. The van der Waals surface area contributed by atoms with Crippen LogP contribution >= 0.6 is 0 Å². The number of likely N-dealkylation sites (tertiary alicyclic amines) is 1. The number of aromatic nitrogens is 2. The molecular weight excluding hydrogens is 1580 g/mol. The average Bonchev–Trinajstić information content (AvgIpc) is 1.64. The molecule has 3 aromatic carbocycles. The molecule has 0 saturated carbocycles. The lowest BCUT2D eigenvalue weighted by Crippen LogP contribution is -2.62. The quantitative estimate of drug-likeness (QED) is 0.0241. The van der Waals surface area contributed by atoms with Crippen molar-refractivity contribution in [2.24, 2.45) is 41.1 Å². The number of carboxylic acids is 1. The Morgan fingerprint density at radius 2 is 1.00 bits per heavy atom. The number of carboxylic acid groups (broad SMARTS) is 1. The highest BCUT2D eigenvalue weighted by molar-refractivity contribution is 6.03. The van der Waals surface area contributed by atoms with Crippen molar-refractivity contribution in [1.82, 2.24) is 89.3 Å². The van der Waals surface area contributed by atoms with Gasteiger partial charge in [0, 0.05) is 66.4 Å². The first-order valence-electron chi connectivity index (χ1n) is 41.1. The smallest absolute Gasteiger partial charge is 0.326 e. The summed E-state index contributed by atoms with van der Waals surface area (Å²) in [6.07, 6.45) is 0.234. The van der Waals surface area contributed by atoms with E-state index in [-0.39, 0.29) is 44.6 Å². The van der Waals surface area contributed by atoms with Crippen molar-refractivity contribution in [3.63, 3.8) is 0 Å². The number of aromatic amines is 2. The van der Waals surface area contributed by atoms with Gasteiger partial charge in [-0.2, -0.15) is 0 Å². The molecule has 5 aromatic rings. The van der Waals surface area contributed by atoms with E-state index in [2.05, 4.69) is 84.4 Å². The topological polar surface area (TPSA) is 583 Å². The van der Waals surface area contributed by atoms with Crippen molar-refractivity contribution >= 4 is 128 Å². The van der Waals surface area contributed by atoms with E-state index in [1.807, 2.05) is 0 Å². The van der Waals surface area contributed by atoms with Crippen LogP contribution in [0.25, 0.3) is 21.8 Å². The number of hydrogen-bond donors (Lipinski definition) is 19. The van der Waals surface area contributed by atoms with E-state index < -0.39 is 253 Å². The third-order valence-electron chi connectivity index (χ3n) is 21.4. The lowest BCUT2D eigenvalue weighted by Gasteiger charge is -2.32. The molecule has 38 nitrogen and oxygen atoms in total. The highest BCUT2D eigenvalue weighted by atomic mass is 16.4. The number of hydrogen-bond acceptors (Lipinski definition) is 18. The molecule has 4 heterocycles. The van der Waals surface area contributed by atoms with Gasteiger partial charge in [-0.05, 0) is 97.9 Å². The van der Waals surface area contributed by atoms with Gasteiger partial charge in [0.2, 0.25) is 100 Å². The van der Waals surface area contributed by atoms with Gasteiger partial charge in [-0.15, -0.1) is 0 Å². The lowest BCUT2D eigenvalue weighted by molar-refractivity contribution is -0.142. The first-order chi connectivity index (χ1) is 57.6. The van der Waals surface area contributed by atoms with Crippen LogP contribution in [0.3, 0.4) is 0 Å². The van der Waals surface area contributed by atoms with Crippen LogP contribution in [0.2, 0.25) is 0 Å². The Hall–Kier alpha value is -12.8. The second-order valence-electron chi connectivity index (χ2n) is 32.6. The van der Waals surface area contributed by atoms with Gasteiger partial charge < -0.3 is 106 Å². The maximum atomic E-state index is 15.3. The minimum absolute atomic E-state index is 0.0222. The van der Waals surface area contributed by atoms with Gasteiger partial charge >= 0.3 is 5.97 Å². The maximum absolute atomic E-state index is 15.3.